The molecule has 0 aromatic heterocycles. The summed E-state index contributed by atoms with van der Waals surface area (Å²) in [5.41, 5.74) is 1.34. The van der Waals surface area contributed by atoms with Crippen molar-refractivity contribution in [3.8, 4) is 5.75 Å². The van der Waals surface area contributed by atoms with Crippen molar-refractivity contribution in [2.24, 2.45) is 0 Å². The number of amides is 1. The van der Waals surface area contributed by atoms with Crippen molar-refractivity contribution in [3.05, 3.63) is 53.1 Å². The molecule has 0 unspecified atom stereocenters. The minimum atomic E-state index is -3.71. The molecule has 2 aromatic carbocycles. The van der Waals surface area contributed by atoms with E-state index in [4.69, 9.17) is 16.3 Å². The molecule has 0 saturated heterocycles. The van der Waals surface area contributed by atoms with Crippen LogP contribution in [-0.4, -0.2) is 39.3 Å². The number of nitrogens with one attached hydrogen (secondary N) is 1. The van der Waals surface area contributed by atoms with Gasteiger partial charge in [-0.25, -0.2) is 12.7 Å². The Balaban J connectivity index is 2.09. The van der Waals surface area contributed by atoms with E-state index < -0.39 is 15.9 Å². The first-order chi connectivity index (χ1) is 11.7. The Kier molecular flexibility index (Phi) is 6.05. The third-order valence-corrected chi connectivity index (χ3v) is 5.63. The number of nitrogens with zero attached hydrogens (tertiary/aromatic N) is 1. The molecular formula is C17H19ClN2O4S. The maximum absolute atomic E-state index is 12.2. The summed E-state index contributed by atoms with van der Waals surface area (Å²) < 4.78 is 30.9. The Morgan fingerprint density at radius 3 is 2.56 bits per heavy atom. The maximum atomic E-state index is 12.2. The number of hydrogen-bond acceptors (Lipinski definition) is 4. The fourth-order valence-corrected chi connectivity index (χ4v) is 3.42. The van der Waals surface area contributed by atoms with E-state index in [2.05, 4.69) is 5.32 Å². The Bertz CT molecular complexity index is 882. The second-order valence-corrected chi connectivity index (χ2v) is 8.11. The number of sulfonamides is 1. The summed E-state index contributed by atoms with van der Waals surface area (Å²) in [6.07, 6.45) is 0. The van der Waals surface area contributed by atoms with Crippen LogP contribution in [0.2, 0.25) is 5.02 Å². The highest BCUT2D eigenvalue weighted by Crippen LogP contribution is 2.26. The van der Waals surface area contributed by atoms with Crippen molar-refractivity contribution in [3.63, 3.8) is 0 Å². The van der Waals surface area contributed by atoms with Crippen LogP contribution in [0.25, 0.3) is 0 Å². The molecule has 0 aliphatic carbocycles. The molecule has 6 nitrogen and oxygen atoms in total. The summed E-state index contributed by atoms with van der Waals surface area (Å²) in [6, 6.07) is 11.6. The van der Waals surface area contributed by atoms with Crippen LogP contribution in [0.1, 0.15) is 5.56 Å². The second-order valence-electron chi connectivity index (χ2n) is 5.59. The Morgan fingerprint density at radius 1 is 1.20 bits per heavy atom. The van der Waals surface area contributed by atoms with Crippen LogP contribution in [0.4, 0.5) is 5.69 Å². The molecule has 0 radical (unpaired) electrons. The molecule has 2 aromatic rings. The van der Waals surface area contributed by atoms with Gasteiger partial charge in [0.2, 0.25) is 10.0 Å². The van der Waals surface area contributed by atoms with Crippen LogP contribution in [0, 0.1) is 6.92 Å². The highest BCUT2D eigenvalue weighted by Gasteiger charge is 2.21. The third kappa shape index (κ3) is 4.94. The van der Waals surface area contributed by atoms with Crippen LogP contribution in [0.3, 0.4) is 0 Å². The van der Waals surface area contributed by atoms with Crippen LogP contribution < -0.4 is 10.1 Å². The highest BCUT2D eigenvalue weighted by atomic mass is 35.5. The first-order valence-corrected chi connectivity index (χ1v) is 9.23. The zero-order valence-electron chi connectivity index (χ0n) is 14.1. The van der Waals surface area contributed by atoms with Gasteiger partial charge in [0.25, 0.3) is 5.91 Å². The first-order valence-electron chi connectivity index (χ1n) is 7.41. The Morgan fingerprint density at radius 2 is 1.92 bits per heavy atom. The van der Waals surface area contributed by atoms with Gasteiger partial charge in [-0.15, -0.1) is 0 Å². The van der Waals surface area contributed by atoms with Gasteiger partial charge in [-0.05, 0) is 42.8 Å². The van der Waals surface area contributed by atoms with Gasteiger partial charge < -0.3 is 10.1 Å². The van der Waals surface area contributed by atoms with Gasteiger partial charge in [0.1, 0.15) is 10.6 Å². The molecule has 0 heterocycles. The van der Waals surface area contributed by atoms with Gasteiger partial charge >= 0.3 is 0 Å². The molecule has 0 fully saturated rings. The molecule has 0 atom stereocenters. The van der Waals surface area contributed by atoms with Gasteiger partial charge in [-0.1, -0.05) is 23.7 Å². The molecule has 0 aliphatic rings. The number of aryl methyl sites for hydroxylation is 1. The topological polar surface area (TPSA) is 75.7 Å². The molecule has 134 valence electrons. The van der Waals surface area contributed by atoms with E-state index in [1.165, 1.54) is 32.3 Å². The normalized spacial score (nSPS) is 11.4. The number of halogens is 1. The number of rotatable bonds is 6. The molecule has 2 rings (SSSR count). The average molecular weight is 383 g/mol. The largest absolute Gasteiger partial charge is 0.484 e. The lowest BCUT2D eigenvalue weighted by atomic mass is 10.2. The molecule has 0 spiro atoms. The number of hydrogen-bond donors (Lipinski definition) is 1. The second kappa shape index (κ2) is 7.86. The fourth-order valence-electron chi connectivity index (χ4n) is 2.03. The van der Waals surface area contributed by atoms with Crippen LogP contribution in [-0.2, 0) is 14.8 Å². The fraction of sp³-hybridized carbons (Fsp3) is 0.235. The standard InChI is InChI=1S/C17H19ClN2O4S/c1-12-5-4-6-14(9-12)24-11-17(21)19-13-7-8-15(18)16(10-13)25(22,23)20(2)3/h4-10H,11H2,1-3H3,(H,19,21). The number of carbonyl (C=O) groups excluding carboxylic acids is 1. The van der Waals surface area contributed by atoms with Gasteiger partial charge in [-0.2, -0.15) is 0 Å². The summed E-state index contributed by atoms with van der Waals surface area (Å²) in [4.78, 5) is 11.9. The summed E-state index contributed by atoms with van der Waals surface area (Å²) >= 11 is 5.97. The minimum Gasteiger partial charge on any atom is -0.484 e. The van der Waals surface area contributed by atoms with E-state index in [9.17, 15) is 13.2 Å². The number of anilines is 1. The first kappa shape index (κ1) is 19.2. The zero-order chi connectivity index (χ0) is 18.6. The molecule has 1 N–H and O–H groups in total. The van der Waals surface area contributed by atoms with Crippen molar-refractivity contribution in [1.29, 1.82) is 0 Å². The predicted molar refractivity (Wildman–Crippen MR) is 97.6 cm³/mol. The van der Waals surface area contributed by atoms with E-state index in [1.807, 2.05) is 25.1 Å². The van der Waals surface area contributed by atoms with E-state index in [0.717, 1.165) is 9.87 Å². The van der Waals surface area contributed by atoms with Crippen molar-refractivity contribution < 1.29 is 17.9 Å². The molecule has 0 bridgehead atoms. The lowest BCUT2D eigenvalue weighted by Crippen LogP contribution is -2.23. The van der Waals surface area contributed by atoms with E-state index in [-0.39, 0.29) is 16.5 Å². The molecule has 25 heavy (non-hydrogen) atoms. The number of carbonyl (C=O) groups is 1. The SMILES string of the molecule is Cc1cccc(OCC(=O)Nc2ccc(Cl)c(S(=O)(=O)N(C)C)c2)c1. The third-order valence-electron chi connectivity index (χ3n) is 3.33. The van der Waals surface area contributed by atoms with E-state index in [1.54, 1.807) is 6.07 Å². The monoisotopic (exact) mass is 382 g/mol. The van der Waals surface area contributed by atoms with Crippen LogP contribution >= 0.6 is 11.6 Å². The Labute approximate surface area is 152 Å². The van der Waals surface area contributed by atoms with Crippen molar-refractivity contribution in [2.45, 2.75) is 11.8 Å². The summed E-state index contributed by atoms with van der Waals surface area (Å²) in [6.45, 7) is 1.73. The molecular weight excluding hydrogens is 364 g/mol. The highest BCUT2D eigenvalue weighted by molar-refractivity contribution is 7.89. The molecule has 1 amide bonds. The van der Waals surface area contributed by atoms with Crippen molar-refractivity contribution in [2.75, 3.05) is 26.0 Å². The minimum absolute atomic E-state index is 0.0726. The maximum Gasteiger partial charge on any atom is 0.262 e. The summed E-state index contributed by atoms with van der Waals surface area (Å²) in [5.74, 6) is 0.180. The van der Waals surface area contributed by atoms with Gasteiger partial charge in [-0.3, -0.25) is 4.79 Å². The van der Waals surface area contributed by atoms with Gasteiger partial charge in [0.05, 0.1) is 5.02 Å². The van der Waals surface area contributed by atoms with Crippen molar-refractivity contribution >= 4 is 33.2 Å². The molecule has 8 heteroatoms. The van der Waals surface area contributed by atoms with Crippen molar-refractivity contribution in [1.82, 2.24) is 4.31 Å². The smallest absolute Gasteiger partial charge is 0.262 e. The predicted octanol–water partition coefficient (Wildman–Crippen LogP) is 2.92. The van der Waals surface area contributed by atoms with Gasteiger partial charge in [0.15, 0.2) is 6.61 Å². The Hall–Kier alpha value is -2.09. The molecule has 0 saturated carbocycles. The quantitative estimate of drug-likeness (QED) is 0.833. The van der Waals surface area contributed by atoms with Crippen LogP contribution in [0.5, 0.6) is 5.75 Å². The lowest BCUT2D eigenvalue weighted by molar-refractivity contribution is -0.118. The summed E-state index contributed by atoms with van der Waals surface area (Å²) in [5, 5.41) is 2.69. The molecule has 0 aliphatic heterocycles. The lowest BCUT2D eigenvalue weighted by Gasteiger charge is -2.14. The van der Waals surface area contributed by atoms with Gasteiger partial charge in [0, 0.05) is 19.8 Å². The number of benzene rings is 2. The van der Waals surface area contributed by atoms with Crippen LogP contribution in [0.15, 0.2) is 47.4 Å². The van der Waals surface area contributed by atoms with E-state index in [0.29, 0.717) is 11.4 Å². The number of ether oxygens (including phenoxy) is 1. The van der Waals surface area contributed by atoms with E-state index >= 15 is 0 Å². The summed E-state index contributed by atoms with van der Waals surface area (Å²) in [7, 11) is -0.888. The zero-order valence-corrected chi connectivity index (χ0v) is 15.7. The average Bonchev–Trinajstić information content (AvgIpc) is 2.54.